The van der Waals surface area contributed by atoms with Crippen LogP contribution in [-0.2, 0) is 4.79 Å². The summed E-state index contributed by atoms with van der Waals surface area (Å²) in [5.74, 6) is 1.43. The molecular weight excluding hydrogens is 398 g/mol. The van der Waals surface area contributed by atoms with Gasteiger partial charge in [-0.1, -0.05) is 48.9 Å². The topological polar surface area (TPSA) is 63.2 Å². The molecule has 2 atom stereocenters. The number of fused-ring (bicyclic) bond motifs is 1. The van der Waals surface area contributed by atoms with Crippen LogP contribution in [0.3, 0.4) is 0 Å². The molecule has 0 saturated heterocycles. The summed E-state index contributed by atoms with van der Waals surface area (Å²) in [5, 5.41) is 7.59. The van der Waals surface area contributed by atoms with E-state index >= 15 is 0 Å². The fourth-order valence-corrected chi connectivity index (χ4v) is 4.44. The molecule has 5 nitrogen and oxygen atoms in total. The molecule has 1 aliphatic rings. The number of nitrogens with zero attached hydrogens (tertiary/aromatic N) is 1. The Morgan fingerprint density at radius 2 is 2.03 bits per heavy atom. The van der Waals surface area contributed by atoms with E-state index in [0.717, 1.165) is 54.7 Å². The van der Waals surface area contributed by atoms with Gasteiger partial charge in [0.25, 0.3) is 0 Å². The molecular formula is C27H31N3O2. The van der Waals surface area contributed by atoms with Crippen molar-refractivity contribution < 1.29 is 9.53 Å². The van der Waals surface area contributed by atoms with Crippen LogP contribution in [0.5, 0.6) is 5.75 Å². The first kappa shape index (κ1) is 22.0. The van der Waals surface area contributed by atoms with Gasteiger partial charge in [-0.2, -0.15) is 0 Å². The smallest absolute Gasteiger partial charge is 0.227 e. The maximum absolute atomic E-state index is 13.1. The number of pyridine rings is 1. The van der Waals surface area contributed by atoms with Crippen molar-refractivity contribution in [2.75, 3.05) is 25.5 Å². The predicted molar refractivity (Wildman–Crippen MR) is 131 cm³/mol. The number of aromatic nitrogens is 1. The van der Waals surface area contributed by atoms with Crippen molar-refractivity contribution >= 4 is 28.6 Å². The van der Waals surface area contributed by atoms with Crippen LogP contribution < -0.4 is 15.4 Å². The van der Waals surface area contributed by atoms with Crippen molar-refractivity contribution in [3.63, 3.8) is 0 Å². The van der Waals surface area contributed by atoms with Crippen molar-refractivity contribution in [1.29, 1.82) is 0 Å². The number of carbonyl (C=O) groups is 1. The van der Waals surface area contributed by atoms with Gasteiger partial charge >= 0.3 is 0 Å². The first-order valence-corrected chi connectivity index (χ1v) is 11.4. The van der Waals surface area contributed by atoms with Crippen LogP contribution in [0.2, 0.25) is 0 Å². The second kappa shape index (κ2) is 10.9. The third-order valence-electron chi connectivity index (χ3n) is 6.17. The molecule has 1 aliphatic carbocycles. The van der Waals surface area contributed by atoms with Gasteiger partial charge in [-0.25, -0.2) is 0 Å². The Morgan fingerprint density at radius 3 is 2.88 bits per heavy atom. The predicted octanol–water partition coefficient (Wildman–Crippen LogP) is 5.29. The Hall–Kier alpha value is -3.18. The molecule has 1 fully saturated rings. The largest absolute Gasteiger partial charge is 0.497 e. The molecule has 5 heteroatoms. The van der Waals surface area contributed by atoms with Gasteiger partial charge in [-0.05, 0) is 61.6 Å². The SMILES string of the molecule is COc1ccc2nccc(NC(=O)C3CCCC(CNCC=Cc4ccccc4)C3)c2c1. The Kier molecular flexibility index (Phi) is 7.51. The normalized spacial score (nSPS) is 18.7. The number of amides is 1. The summed E-state index contributed by atoms with van der Waals surface area (Å²) >= 11 is 0. The van der Waals surface area contributed by atoms with Crippen molar-refractivity contribution in [2.45, 2.75) is 25.7 Å². The third kappa shape index (κ3) is 5.74. The summed E-state index contributed by atoms with van der Waals surface area (Å²) in [7, 11) is 1.64. The summed E-state index contributed by atoms with van der Waals surface area (Å²) in [6.45, 7) is 1.78. The molecule has 0 aliphatic heterocycles. The van der Waals surface area contributed by atoms with Gasteiger partial charge in [-0.3, -0.25) is 9.78 Å². The standard InChI is InChI=1S/C27H31N3O2/c1-32-23-12-13-25-24(18-23)26(14-16-29-25)30-27(31)22-11-5-9-21(17-22)19-28-15-6-10-20-7-3-2-4-8-20/h2-4,6-8,10,12-14,16,18,21-22,28H,5,9,11,15,17,19H2,1H3,(H,29,30,31). The number of anilines is 1. The highest BCUT2D eigenvalue weighted by molar-refractivity contribution is 6.02. The minimum absolute atomic E-state index is 0.0456. The molecule has 3 aromatic rings. The molecule has 0 bridgehead atoms. The molecule has 1 heterocycles. The number of carbonyl (C=O) groups excluding carboxylic acids is 1. The molecule has 166 valence electrons. The van der Waals surface area contributed by atoms with E-state index in [-0.39, 0.29) is 11.8 Å². The van der Waals surface area contributed by atoms with Gasteiger partial charge in [0.05, 0.1) is 18.3 Å². The fourth-order valence-electron chi connectivity index (χ4n) is 4.44. The van der Waals surface area contributed by atoms with E-state index in [1.165, 1.54) is 12.0 Å². The van der Waals surface area contributed by atoms with Gasteiger partial charge in [0, 0.05) is 24.0 Å². The highest BCUT2D eigenvalue weighted by Gasteiger charge is 2.27. The molecule has 1 saturated carbocycles. The van der Waals surface area contributed by atoms with E-state index in [4.69, 9.17) is 4.74 Å². The zero-order valence-electron chi connectivity index (χ0n) is 18.6. The molecule has 0 radical (unpaired) electrons. The summed E-state index contributed by atoms with van der Waals surface area (Å²) < 4.78 is 5.34. The molecule has 32 heavy (non-hydrogen) atoms. The Balaban J connectivity index is 1.30. The van der Waals surface area contributed by atoms with E-state index in [9.17, 15) is 4.79 Å². The number of benzene rings is 2. The van der Waals surface area contributed by atoms with Crippen molar-refractivity contribution in [2.24, 2.45) is 11.8 Å². The third-order valence-corrected chi connectivity index (χ3v) is 6.17. The average Bonchev–Trinajstić information content (AvgIpc) is 2.84. The van der Waals surface area contributed by atoms with E-state index in [1.807, 2.05) is 42.5 Å². The summed E-state index contributed by atoms with van der Waals surface area (Å²) in [4.78, 5) is 17.4. The van der Waals surface area contributed by atoms with Crippen LogP contribution in [0.1, 0.15) is 31.2 Å². The second-order valence-corrected chi connectivity index (χ2v) is 8.43. The van der Waals surface area contributed by atoms with E-state index < -0.39 is 0 Å². The van der Waals surface area contributed by atoms with Crippen LogP contribution in [0.4, 0.5) is 5.69 Å². The number of hydrogen-bond donors (Lipinski definition) is 2. The maximum Gasteiger partial charge on any atom is 0.227 e. The molecule has 2 unspecified atom stereocenters. The lowest BCUT2D eigenvalue weighted by Gasteiger charge is -2.28. The zero-order valence-corrected chi connectivity index (χ0v) is 18.6. The lowest BCUT2D eigenvalue weighted by molar-refractivity contribution is -0.121. The molecule has 1 aromatic heterocycles. The minimum atomic E-state index is 0.0456. The Bertz CT molecular complexity index is 1060. The van der Waals surface area contributed by atoms with Crippen molar-refractivity contribution in [1.82, 2.24) is 10.3 Å². The highest BCUT2D eigenvalue weighted by atomic mass is 16.5. The Labute approximate surface area is 189 Å². The summed E-state index contributed by atoms with van der Waals surface area (Å²) in [6, 6.07) is 17.9. The molecule has 2 aromatic carbocycles. The highest BCUT2D eigenvalue weighted by Crippen LogP contribution is 2.31. The van der Waals surface area contributed by atoms with Crippen LogP contribution >= 0.6 is 0 Å². The monoisotopic (exact) mass is 429 g/mol. The van der Waals surface area contributed by atoms with Crippen LogP contribution in [-0.4, -0.2) is 31.1 Å². The van der Waals surface area contributed by atoms with Crippen LogP contribution in [0.15, 0.2) is 66.9 Å². The lowest BCUT2D eigenvalue weighted by Crippen LogP contribution is -2.32. The Morgan fingerprint density at radius 1 is 1.16 bits per heavy atom. The first-order chi connectivity index (χ1) is 15.7. The van der Waals surface area contributed by atoms with Crippen molar-refractivity contribution in [3.05, 3.63) is 72.4 Å². The first-order valence-electron chi connectivity index (χ1n) is 11.4. The van der Waals surface area contributed by atoms with E-state index in [0.29, 0.717) is 5.92 Å². The number of methoxy groups -OCH3 is 1. The number of rotatable bonds is 8. The van der Waals surface area contributed by atoms with Crippen LogP contribution in [0.25, 0.3) is 17.0 Å². The fraction of sp³-hybridized carbons (Fsp3) is 0.333. The minimum Gasteiger partial charge on any atom is -0.497 e. The quantitative estimate of drug-likeness (QED) is 0.478. The number of nitrogens with one attached hydrogen (secondary N) is 2. The van der Waals surface area contributed by atoms with Gasteiger partial charge in [-0.15, -0.1) is 0 Å². The maximum atomic E-state index is 13.1. The van der Waals surface area contributed by atoms with E-state index in [2.05, 4.69) is 39.9 Å². The van der Waals surface area contributed by atoms with Gasteiger partial charge in [0.15, 0.2) is 0 Å². The number of hydrogen-bond acceptors (Lipinski definition) is 4. The zero-order chi connectivity index (χ0) is 22.2. The van der Waals surface area contributed by atoms with Gasteiger partial charge in [0.2, 0.25) is 5.91 Å². The lowest BCUT2D eigenvalue weighted by atomic mass is 9.81. The summed E-state index contributed by atoms with van der Waals surface area (Å²) in [6.07, 6.45) is 10.2. The van der Waals surface area contributed by atoms with Crippen molar-refractivity contribution in [3.8, 4) is 5.75 Å². The molecule has 0 spiro atoms. The van der Waals surface area contributed by atoms with Gasteiger partial charge < -0.3 is 15.4 Å². The average molecular weight is 430 g/mol. The molecule has 4 rings (SSSR count). The molecule has 1 amide bonds. The van der Waals surface area contributed by atoms with Crippen LogP contribution in [0, 0.1) is 11.8 Å². The van der Waals surface area contributed by atoms with Gasteiger partial charge in [0.1, 0.15) is 5.75 Å². The van der Waals surface area contributed by atoms with E-state index in [1.54, 1.807) is 13.3 Å². The second-order valence-electron chi connectivity index (χ2n) is 8.43. The summed E-state index contributed by atoms with van der Waals surface area (Å²) in [5.41, 5.74) is 2.85. The number of ether oxygens (including phenoxy) is 1. The molecule has 2 N–H and O–H groups in total.